The summed E-state index contributed by atoms with van der Waals surface area (Å²) in [5.74, 6) is 0.659. The van der Waals surface area contributed by atoms with Gasteiger partial charge in [0.2, 0.25) is 0 Å². The molecule has 13 heavy (non-hydrogen) atoms. The third-order valence-electron chi connectivity index (χ3n) is 1.97. The molecule has 1 rings (SSSR count). The lowest BCUT2D eigenvalue weighted by Crippen LogP contribution is -1.83. The molecule has 0 radical (unpaired) electrons. The Morgan fingerprint density at radius 3 is 1.62 bits per heavy atom. The molecule has 0 bridgehead atoms. The molecule has 0 aromatic heterocycles. The predicted octanol–water partition coefficient (Wildman–Crippen LogP) is 4.62. The van der Waals surface area contributed by atoms with Crippen LogP contribution < -0.4 is 0 Å². The van der Waals surface area contributed by atoms with Crippen LogP contribution >= 0.6 is 0 Å². The van der Waals surface area contributed by atoms with Crippen LogP contribution in [-0.4, -0.2) is 0 Å². The first-order valence-electron chi connectivity index (χ1n) is 5.27. The van der Waals surface area contributed by atoms with Gasteiger partial charge in [0.15, 0.2) is 0 Å². The number of rotatable bonds is 2. The van der Waals surface area contributed by atoms with Gasteiger partial charge in [-0.2, -0.15) is 0 Å². The molecule has 0 saturated heterocycles. The van der Waals surface area contributed by atoms with Crippen molar-refractivity contribution in [1.82, 2.24) is 0 Å². The molecule has 0 spiro atoms. The van der Waals surface area contributed by atoms with Crippen molar-refractivity contribution in [2.75, 3.05) is 0 Å². The van der Waals surface area contributed by atoms with Crippen LogP contribution in [0.15, 0.2) is 30.3 Å². The van der Waals surface area contributed by atoms with Gasteiger partial charge in [0, 0.05) is 0 Å². The SMILES string of the molecule is CC(C)c1ccccc1.CCCC. The number of hydrogen-bond donors (Lipinski definition) is 0. The van der Waals surface area contributed by atoms with Crippen LogP contribution in [-0.2, 0) is 0 Å². The van der Waals surface area contributed by atoms with Crippen molar-refractivity contribution in [2.45, 2.75) is 46.5 Å². The second-order valence-electron chi connectivity index (χ2n) is 3.57. The minimum Gasteiger partial charge on any atom is -0.0654 e. The Morgan fingerprint density at radius 2 is 1.38 bits per heavy atom. The fourth-order valence-corrected chi connectivity index (χ4v) is 0.838. The fourth-order valence-electron chi connectivity index (χ4n) is 0.838. The predicted molar refractivity (Wildman–Crippen MR) is 61.1 cm³/mol. The van der Waals surface area contributed by atoms with Gasteiger partial charge in [0.05, 0.1) is 0 Å². The normalized spacial score (nSPS) is 9.31. The van der Waals surface area contributed by atoms with Crippen molar-refractivity contribution in [1.29, 1.82) is 0 Å². The van der Waals surface area contributed by atoms with Crippen molar-refractivity contribution in [3.05, 3.63) is 35.9 Å². The van der Waals surface area contributed by atoms with Crippen LogP contribution in [0.5, 0.6) is 0 Å². The van der Waals surface area contributed by atoms with Gasteiger partial charge in [-0.25, -0.2) is 0 Å². The third kappa shape index (κ3) is 6.39. The van der Waals surface area contributed by atoms with E-state index in [2.05, 4.69) is 52.0 Å². The highest BCUT2D eigenvalue weighted by atomic mass is 14.0. The molecule has 0 amide bonds. The molecule has 0 atom stereocenters. The molecular formula is C13H22. The number of hydrogen-bond acceptors (Lipinski definition) is 0. The van der Waals surface area contributed by atoms with E-state index in [1.807, 2.05) is 6.07 Å². The summed E-state index contributed by atoms with van der Waals surface area (Å²) in [5, 5.41) is 0. The van der Waals surface area contributed by atoms with E-state index in [0.717, 1.165) is 0 Å². The minimum atomic E-state index is 0.659. The maximum atomic E-state index is 2.20. The van der Waals surface area contributed by atoms with E-state index < -0.39 is 0 Å². The van der Waals surface area contributed by atoms with Gasteiger partial charge in [-0.3, -0.25) is 0 Å². The molecule has 0 aliphatic rings. The van der Waals surface area contributed by atoms with Crippen LogP contribution in [0.1, 0.15) is 52.0 Å². The van der Waals surface area contributed by atoms with Crippen LogP contribution in [0.3, 0.4) is 0 Å². The Balaban J connectivity index is 0.000000310. The van der Waals surface area contributed by atoms with Crippen molar-refractivity contribution >= 4 is 0 Å². The largest absolute Gasteiger partial charge is 0.0654 e. The lowest BCUT2D eigenvalue weighted by Gasteiger charge is -2.01. The van der Waals surface area contributed by atoms with Crippen LogP contribution in [0.4, 0.5) is 0 Å². The quantitative estimate of drug-likeness (QED) is 0.620. The smallest absolute Gasteiger partial charge is 0.0219 e. The van der Waals surface area contributed by atoms with Crippen LogP contribution in [0, 0.1) is 0 Å². The third-order valence-corrected chi connectivity index (χ3v) is 1.97. The number of unbranched alkanes of at least 4 members (excludes halogenated alkanes) is 1. The monoisotopic (exact) mass is 178 g/mol. The van der Waals surface area contributed by atoms with Crippen molar-refractivity contribution in [3.8, 4) is 0 Å². The van der Waals surface area contributed by atoms with Crippen molar-refractivity contribution < 1.29 is 0 Å². The van der Waals surface area contributed by atoms with Gasteiger partial charge in [-0.05, 0) is 11.5 Å². The van der Waals surface area contributed by atoms with E-state index in [0.29, 0.717) is 5.92 Å². The summed E-state index contributed by atoms with van der Waals surface area (Å²) in [7, 11) is 0. The van der Waals surface area contributed by atoms with Crippen molar-refractivity contribution in [2.24, 2.45) is 0 Å². The second kappa shape index (κ2) is 7.85. The first-order chi connectivity index (χ1) is 6.22. The van der Waals surface area contributed by atoms with Gasteiger partial charge in [-0.1, -0.05) is 70.9 Å². The van der Waals surface area contributed by atoms with Gasteiger partial charge in [0.25, 0.3) is 0 Å². The zero-order valence-electron chi connectivity index (χ0n) is 9.38. The Morgan fingerprint density at radius 1 is 0.923 bits per heavy atom. The highest BCUT2D eigenvalue weighted by molar-refractivity contribution is 5.17. The molecule has 1 aromatic rings. The molecule has 0 nitrogen and oxygen atoms in total. The maximum Gasteiger partial charge on any atom is -0.0219 e. The average Bonchev–Trinajstić information content (AvgIpc) is 2.19. The van der Waals surface area contributed by atoms with Crippen molar-refractivity contribution in [3.63, 3.8) is 0 Å². The molecule has 0 N–H and O–H groups in total. The Labute approximate surface area is 83.0 Å². The summed E-state index contributed by atoms with van der Waals surface area (Å²) in [6.45, 7) is 8.77. The lowest BCUT2D eigenvalue weighted by atomic mass is 10.0. The molecule has 0 heteroatoms. The summed E-state index contributed by atoms with van der Waals surface area (Å²) in [6.07, 6.45) is 2.64. The van der Waals surface area contributed by atoms with Gasteiger partial charge >= 0.3 is 0 Å². The summed E-state index contributed by atoms with van der Waals surface area (Å²) >= 11 is 0. The molecular weight excluding hydrogens is 156 g/mol. The molecule has 74 valence electrons. The molecule has 0 unspecified atom stereocenters. The topological polar surface area (TPSA) is 0 Å². The minimum absolute atomic E-state index is 0.659. The maximum absolute atomic E-state index is 2.20. The summed E-state index contributed by atoms with van der Waals surface area (Å²) < 4.78 is 0. The zero-order valence-corrected chi connectivity index (χ0v) is 9.38. The Bertz CT molecular complexity index is 184. The highest BCUT2D eigenvalue weighted by Crippen LogP contribution is 2.11. The first kappa shape index (κ1) is 12.2. The van der Waals surface area contributed by atoms with Gasteiger partial charge in [-0.15, -0.1) is 0 Å². The first-order valence-corrected chi connectivity index (χ1v) is 5.27. The Hall–Kier alpha value is -0.780. The lowest BCUT2D eigenvalue weighted by molar-refractivity contribution is 0.867. The average molecular weight is 178 g/mol. The van der Waals surface area contributed by atoms with E-state index in [9.17, 15) is 0 Å². The second-order valence-corrected chi connectivity index (χ2v) is 3.57. The molecule has 0 aliphatic heterocycles. The number of benzene rings is 1. The molecule has 0 heterocycles. The summed E-state index contributed by atoms with van der Waals surface area (Å²) in [6, 6.07) is 10.5. The highest BCUT2D eigenvalue weighted by Gasteiger charge is 1.93. The molecule has 0 aliphatic carbocycles. The van der Waals surface area contributed by atoms with Crippen LogP contribution in [0.25, 0.3) is 0 Å². The van der Waals surface area contributed by atoms with Crippen LogP contribution in [0.2, 0.25) is 0 Å². The van der Waals surface area contributed by atoms with Gasteiger partial charge < -0.3 is 0 Å². The molecule has 0 saturated carbocycles. The van der Waals surface area contributed by atoms with E-state index in [1.165, 1.54) is 18.4 Å². The molecule has 0 fully saturated rings. The summed E-state index contributed by atoms with van der Waals surface area (Å²) in [5.41, 5.74) is 1.41. The summed E-state index contributed by atoms with van der Waals surface area (Å²) in [4.78, 5) is 0. The van der Waals surface area contributed by atoms with E-state index in [4.69, 9.17) is 0 Å². The van der Waals surface area contributed by atoms with E-state index >= 15 is 0 Å². The fraction of sp³-hybridized carbons (Fsp3) is 0.538. The zero-order chi connectivity index (χ0) is 10.1. The van der Waals surface area contributed by atoms with E-state index in [-0.39, 0.29) is 0 Å². The Kier molecular flexibility index (Phi) is 7.38. The van der Waals surface area contributed by atoms with Gasteiger partial charge in [0.1, 0.15) is 0 Å². The standard InChI is InChI=1S/C9H12.C4H10/c1-8(2)9-6-4-3-5-7-9;1-3-4-2/h3-8H,1-2H3;3-4H2,1-2H3. The van der Waals surface area contributed by atoms with E-state index in [1.54, 1.807) is 0 Å². The molecule has 1 aromatic carbocycles.